The molecule has 5 heteroatoms. The predicted molar refractivity (Wildman–Crippen MR) is 74.3 cm³/mol. The number of carbonyl (C=O) groups is 1. The van der Waals surface area contributed by atoms with E-state index in [0.29, 0.717) is 31.9 Å². The molecule has 0 amide bonds. The second-order valence-electron chi connectivity index (χ2n) is 4.28. The van der Waals surface area contributed by atoms with E-state index in [4.69, 9.17) is 9.47 Å². The topological polar surface area (TPSA) is 64.2 Å². The maximum absolute atomic E-state index is 11.4. The summed E-state index contributed by atoms with van der Waals surface area (Å²) in [5, 5.41) is 6.73. The maximum atomic E-state index is 11.4. The minimum atomic E-state index is -0.378. The Kier molecular flexibility index (Phi) is 5.32. The Morgan fingerprint density at radius 1 is 1.30 bits per heavy atom. The average molecular weight is 274 g/mol. The molecule has 106 valence electrons. The molecule has 5 nitrogen and oxygen atoms in total. The zero-order valence-corrected chi connectivity index (χ0v) is 11.5. The van der Waals surface area contributed by atoms with E-state index in [9.17, 15) is 4.79 Å². The van der Waals surface area contributed by atoms with E-state index < -0.39 is 0 Å². The number of H-pyrrole nitrogens is 1. The van der Waals surface area contributed by atoms with E-state index in [2.05, 4.69) is 10.2 Å². The van der Waals surface area contributed by atoms with Gasteiger partial charge in [0.25, 0.3) is 0 Å². The standard InChI is InChI=1S/C15H18N2O3/c1-2-20-15(18)14-10-13(16-17-14)8-9-19-11-12-6-4-3-5-7-12/h3-7,10H,2,8-9,11H2,1H3,(H,16,17). The first kappa shape index (κ1) is 14.3. The van der Waals surface area contributed by atoms with Gasteiger partial charge in [0.2, 0.25) is 0 Å². The number of carbonyl (C=O) groups excluding carboxylic acids is 1. The molecule has 2 aromatic rings. The molecule has 20 heavy (non-hydrogen) atoms. The second kappa shape index (κ2) is 7.45. The van der Waals surface area contributed by atoms with Crippen LogP contribution < -0.4 is 0 Å². The van der Waals surface area contributed by atoms with Gasteiger partial charge in [-0.05, 0) is 18.6 Å². The van der Waals surface area contributed by atoms with E-state index >= 15 is 0 Å². The van der Waals surface area contributed by atoms with Crippen LogP contribution in [0.4, 0.5) is 0 Å². The Bertz CT molecular complexity index is 537. The van der Waals surface area contributed by atoms with E-state index in [1.165, 1.54) is 0 Å². The van der Waals surface area contributed by atoms with Crippen LogP contribution in [0.25, 0.3) is 0 Å². The molecule has 1 aromatic heterocycles. The van der Waals surface area contributed by atoms with Crippen LogP contribution in [0, 0.1) is 0 Å². The van der Waals surface area contributed by atoms with Crippen molar-refractivity contribution in [3.8, 4) is 0 Å². The molecular formula is C15H18N2O3. The van der Waals surface area contributed by atoms with Crippen molar-refractivity contribution >= 4 is 5.97 Å². The van der Waals surface area contributed by atoms with Gasteiger partial charge in [-0.2, -0.15) is 5.10 Å². The maximum Gasteiger partial charge on any atom is 0.356 e. The van der Waals surface area contributed by atoms with Crippen LogP contribution in [-0.2, 0) is 22.5 Å². The first-order chi connectivity index (χ1) is 9.79. The van der Waals surface area contributed by atoms with Crippen molar-refractivity contribution in [3.05, 3.63) is 53.3 Å². The average Bonchev–Trinajstić information content (AvgIpc) is 2.94. The molecule has 1 heterocycles. The Hall–Kier alpha value is -2.14. The Morgan fingerprint density at radius 2 is 2.10 bits per heavy atom. The summed E-state index contributed by atoms with van der Waals surface area (Å²) in [7, 11) is 0. The molecule has 1 N–H and O–H groups in total. The van der Waals surface area contributed by atoms with Gasteiger partial charge < -0.3 is 9.47 Å². The molecule has 2 rings (SSSR count). The molecule has 0 atom stereocenters. The lowest BCUT2D eigenvalue weighted by atomic mass is 10.2. The molecule has 1 aromatic carbocycles. The number of nitrogens with zero attached hydrogens (tertiary/aromatic N) is 1. The Morgan fingerprint density at radius 3 is 2.85 bits per heavy atom. The molecule has 0 saturated carbocycles. The number of benzene rings is 1. The number of aromatic nitrogens is 2. The normalized spacial score (nSPS) is 10.4. The summed E-state index contributed by atoms with van der Waals surface area (Å²) >= 11 is 0. The number of nitrogens with one attached hydrogen (secondary N) is 1. The molecule has 0 aliphatic rings. The molecule has 0 fully saturated rings. The second-order valence-corrected chi connectivity index (χ2v) is 4.28. The van der Waals surface area contributed by atoms with Crippen molar-refractivity contribution in [3.63, 3.8) is 0 Å². The number of aromatic amines is 1. The molecule has 0 radical (unpaired) electrons. The lowest BCUT2D eigenvalue weighted by molar-refractivity contribution is 0.0519. The van der Waals surface area contributed by atoms with Crippen molar-refractivity contribution in [1.29, 1.82) is 0 Å². The number of hydrogen-bond acceptors (Lipinski definition) is 4. The number of ether oxygens (including phenoxy) is 2. The van der Waals surface area contributed by atoms with Crippen LogP contribution in [0.15, 0.2) is 36.4 Å². The van der Waals surface area contributed by atoms with E-state index in [1.54, 1.807) is 13.0 Å². The van der Waals surface area contributed by atoms with Gasteiger partial charge in [0.1, 0.15) is 5.69 Å². The monoisotopic (exact) mass is 274 g/mol. The SMILES string of the molecule is CCOC(=O)c1cc(CCOCc2ccccc2)n[nH]1. The van der Waals surface area contributed by atoms with Crippen LogP contribution in [0.2, 0.25) is 0 Å². The van der Waals surface area contributed by atoms with Crippen LogP contribution in [-0.4, -0.2) is 29.4 Å². The molecule has 0 saturated heterocycles. The fourth-order valence-electron chi connectivity index (χ4n) is 1.75. The van der Waals surface area contributed by atoms with Crippen LogP contribution in [0.1, 0.15) is 28.7 Å². The van der Waals surface area contributed by atoms with Crippen LogP contribution in [0.3, 0.4) is 0 Å². The third-order valence-corrected chi connectivity index (χ3v) is 2.74. The quantitative estimate of drug-likeness (QED) is 0.621. The third-order valence-electron chi connectivity index (χ3n) is 2.74. The zero-order chi connectivity index (χ0) is 14.2. The van der Waals surface area contributed by atoms with E-state index in [0.717, 1.165) is 11.3 Å². The smallest absolute Gasteiger partial charge is 0.356 e. The van der Waals surface area contributed by atoms with Gasteiger partial charge in [-0.3, -0.25) is 5.10 Å². The van der Waals surface area contributed by atoms with E-state index in [-0.39, 0.29) is 5.97 Å². The minimum Gasteiger partial charge on any atom is -0.461 e. The minimum absolute atomic E-state index is 0.355. The van der Waals surface area contributed by atoms with Gasteiger partial charge in [0.05, 0.1) is 25.5 Å². The molecule has 0 bridgehead atoms. The summed E-state index contributed by atoms with van der Waals surface area (Å²) in [6, 6.07) is 11.7. The third kappa shape index (κ3) is 4.20. The Labute approximate surface area is 117 Å². The van der Waals surface area contributed by atoms with Gasteiger partial charge in [0, 0.05) is 6.42 Å². The molecular weight excluding hydrogens is 256 g/mol. The zero-order valence-electron chi connectivity index (χ0n) is 11.5. The highest BCUT2D eigenvalue weighted by Crippen LogP contribution is 2.04. The highest BCUT2D eigenvalue weighted by molar-refractivity contribution is 5.87. The van der Waals surface area contributed by atoms with Crippen LogP contribution >= 0.6 is 0 Å². The van der Waals surface area contributed by atoms with Crippen molar-refractivity contribution in [2.24, 2.45) is 0 Å². The van der Waals surface area contributed by atoms with Crippen molar-refractivity contribution in [1.82, 2.24) is 10.2 Å². The fourth-order valence-corrected chi connectivity index (χ4v) is 1.75. The lowest BCUT2D eigenvalue weighted by Crippen LogP contribution is -2.04. The first-order valence-corrected chi connectivity index (χ1v) is 6.62. The summed E-state index contributed by atoms with van der Waals surface area (Å²) in [5.74, 6) is -0.378. The molecule has 0 spiro atoms. The largest absolute Gasteiger partial charge is 0.461 e. The summed E-state index contributed by atoms with van der Waals surface area (Å²) in [6.45, 7) is 3.26. The number of esters is 1. The van der Waals surface area contributed by atoms with Gasteiger partial charge in [-0.25, -0.2) is 4.79 Å². The van der Waals surface area contributed by atoms with Crippen molar-refractivity contribution in [2.75, 3.05) is 13.2 Å². The molecule has 0 unspecified atom stereocenters. The van der Waals surface area contributed by atoms with Crippen molar-refractivity contribution < 1.29 is 14.3 Å². The van der Waals surface area contributed by atoms with Crippen LogP contribution in [0.5, 0.6) is 0 Å². The highest BCUT2D eigenvalue weighted by Gasteiger charge is 2.10. The molecule has 0 aliphatic carbocycles. The van der Waals surface area contributed by atoms with Gasteiger partial charge in [0.15, 0.2) is 0 Å². The van der Waals surface area contributed by atoms with Gasteiger partial charge >= 0.3 is 5.97 Å². The lowest BCUT2D eigenvalue weighted by Gasteiger charge is -2.02. The summed E-state index contributed by atoms with van der Waals surface area (Å²) in [4.78, 5) is 11.4. The summed E-state index contributed by atoms with van der Waals surface area (Å²) < 4.78 is 10.5. The Balaban J connectivity index is 1.73. The fraction of sp³-hybridized carbons (Fsp3) is 0.333. The number of hydrogen-bond donors (Lipinski definition) is 1. The highest BCUT2D eigenvalue weighted by atomic mass is 16.5. The van der Waals surface area contributed by atoms with Gasteiger partial charge in [-0.15, -0.1) is 0 Å². The predicted octanol–water partition coefficient (Wildman–Crippen LogP) is 2.35. The summed E-state index contributed by atoms with van der Waals surface area (Å²) in [6.07, 6.45) is 0.655. The summed E-state index contributed by atoms with van der Waals surface area (Å²) in [5.41, 5.74) is 2.31. The number of rotatable bonds is 7. The van der Waals surface area contributed by atoms with E-state index in [1.807, 2.05) is 30.3 Å². The van der Waals surface area contributed by atoms with Crippen molar-refractivity contribution in [2.45, 2.75) is 20.0 Å². The first-order valence-electron chi connectivity index (χ1n) is 6.62. The molecule has 0 aliphatic heterocycles. The van der Waals surface area contributed by atoms with Gasteiger partial charge in [-0.1, -0.05) is 30.3 Å².